The standard InChI is InChI=1S/C13H11N2O2.BF4/c1-2-17-13(16)10-7-9-5-3-4-6-11(9)12(8-10)15-14;2-1(3,4)5/h3-8H,2H2,1H3;/q+1;-1. The first kappa shape index (κ1) is 17.4. The molecule has 22 heavy (non-hydrogen) atoms. The topological polar surface area (TPSA) is 54.5 Å². The highest BCUT2D eigenvalue weighted by molar-refractivity contribution is 6.50. The van der Waals surface area contributed by atoms with Crippen LogP contribution in [-0.2, 0) is 4.74 Å². The van der Waals surface area contributed by atoms with Crippen LogP contribution in [0.2, 0.25) is 0 Å². The molecule has 0 radical (unpaired) electrons. The number of hydrogen-bond acceptors (Lipinski definition) is 3. The van der Waals surface area contributed by atoms with Gasteiger partial charge in [0.1, 0.15) is 0 Å². The third-order valence-corrected chi connectivity index (χ3v) is 2.46. The second-order valence-electron chi connectivity index (χ2n) is 4.03. The number of rotatable bonds is 2. The van der Waals surface area contributed by atoms with Gasteiger partial charge in [-0.1, -0.05) is 18.2 Å². The Hall–Kier alpha value is -2.63. The molecule has 0 saturated carbocycles. The van der Waals surface area contributed by atoms with Crippen molar-refractivity contribution < 1.29 is 26.8 Å². The average molecular weight is 314 g/mol. The van der Waals surface area contributed by atoms with Crippen LogP contribution in [-0.4, -0.2) is 19.8 Å². The summed E-state index contributed by atoms with van der Waals surface area (Å²) in [4.78, 5) is 14.8. The summed E-state index contributed by atoms with van der Waals surface area (Å²) in [6, 6.07) is 10.6. The van der Waals surface area contributed by atoms with Crippen LogP contribution in [0.4, 0.5) is 23.0 Å². The molecule has 0 aliphatic carbocycles. The number of fused-ring (bicyclic) bond motifs is 1. The van der Waals surface area contributed by atoms with Crippen LogP contribution in [0.5, 0.6) is 0 Å². The summed E-state index contributed by atoms with van der Waals surface area (Å²) < 4.78 is 43.9. The monoisotopic (exact) mass is 314 g/mol. The van der Waals surface area contributed by atoms with Crippen molar-refractivity contribution in [3.05, 3.63) is 46.9 Å². The maximum Gasteiger partial charge on any atom is 0.673 e. The van der Waals surface area contributed by atoms with Crippen molar-refractivity contribution in [3.63, 3.8) is 0 Å². The van der Waals surface area contributed by atoms with E-state index in [0.717, 1.165) is 10.8 Å². The third kappa shape index (κ3) is 5.40. The normalized spacial score (nSPS) is 10.4. The lowest BCUT2D eigenvalue weighted by atomic mass is 10.1. The molecule has 0 bridgehead atoms. The van der Waals surface area contributed by atoms with E-state index in [-0.39, 0.29) is 0 Å². The fourth-order valence-corrected chi connectivity index (χ4v) is 1.71. The van der Waals surface area contributed by atoms with E-state index in [2.05, 4.69) is 4.98 Å². The highest BCUT2D eigenvalue weighted by Crippen LogP contribution is 2.28. The van der Waals surface area contributed by atoms with Crippen LogP contribution >= 0.6 is 0 Å². The highest BCUT2D eigenvalue weighted by Gasteiger charge is 2.20. The minimum Gasteiger partial charge on any atom is -0.462 e. The molecule has 0 saturated heterocycles. The van der Waals surface area contributed by atoms with E-state index in [1.807, 2.05) is 24.3 Å². The van der Waals surface area contributed by atoms with Gasteiger partial charge in [-0.05, 0) is 24.4 Å². The molecule has 9 heteroatoms. The van der Waals surface area contributed by atoms with Gasteiger partial charge in [0.2, 0.25) is 5.39 Å². The maximum atomic E-state index is 11.6. The Labute approximate surface area is 123 Å². The summed E-state index contributed by atoms with van der Waals surface area (Å²) in [6.45, 7) is 2.06. The summed E-state index contributed by atoms with van der Waals surface area (Å²) in [5.74, 6) is -0.414. The number of ether oxygens (including phenoxy) is 1. The number of benzene rings is 2. The first-order valence-electron chi connectivity index (χ1n) is 6.18. The van der Waals surface area contributed by atoms with Crippen LogP contribution < -0.4 is 0 Å². The van der Waals surface area contributed by atoms with E-state index in [4.69, 9.17) is 10.1 Å². The highest BCUT2D eigenvalue weighted by atomic mass is 19.5. The summed E-state index contributed by atoms with van der Waals surface area (Å²) in [5, 5.41) is 10.6. The number of carbonyl (C=O) groups excluding carboxylic acids is 1. The van der Waals surface area contributed by atoms with E-state index < -0.39 is 13.2 Å². The Balaban J connectivity index is 0.000000422. The number of carbonyl (C=O) groups is 1. The van der Waals surface area contributed by atoms with Crippen LogP contribution in [0, 0.1) is 5.39 Å². The van der Waals surface area contributed by atoms with Gasteiger partial charge in [-0.2, -0.15) is 0 Å². The molecule has 0 aromatic heterocycles. The summed E-state index contributed by atoms with van der Waals surface area (Å²) >= 11 is 0. The van der Waals surface area contributed by atoms with Crippen LogP contribution in [0.1, 0.15) is 17.3 Å². The van der Waals surface area contributed by atoms with Gasteiger partial charge in [0, 0.05) is 6.07 Å². The van der Waals surface area contributed by atoms with E-state index in [0.29, 0.717) is 17.9 Å². The summed E-state index contributed by atoms with van der Waals surface area (Å²) in [6.07, 6.45) is 0. The minimum absolute atomic E-state index is 0.317. The molecule has 0 aliphatic rings. The Kier molecular flexibility index (Phi) is 5.86. The van der Waals surface area contributed by atoms with Crippen molar-refractivity contribution in [2.24, 2.45) is 0 Å². The second kappa shape index (κ2) is 7.40. The number of diazo groups is 1. The molecule has 0 heterocycles. The molecule has 0 spiro atoms. The molecule has 0 unspecified atom stereocenters. The van der Waals surface area contributed by atoms with E-state index >= 15 is 0 Å². The molecular weight excluding hydrogens is 303 g/mol. The van der Waals surface area contributed by atoms with Gasteiger partial charge in [-0.25, -0.2) is 4.79 Å². The predicted molar refractivity (Wildman–Crippen MR) is 74.8 cm³/mol. The summed E-state index contributed by atoms with van der Waals surface area (Å²) in [5.41, 5.74) is 0.754. The largest absolute Gasteiger partial charge is 0.673 e. The minimum atomic E-state index is -6.00. The Morgan fingerprint density at radius 1 is 1.23 bits per heavy atom. The van der Waals surface area contributed by atoms with Crippen molar-refractivity contribution in [2.75, 3.05) is 6.61 Å². The zero-order chi connectivity index (χ0) is 16.8. The Bertz CT molecular complexity index is 707. The lowest BCUT2D eigenvalue weighted by Gasteiger charge is -2.01. The molecule has 0 N–H and O–H groups in total. The number of halogens is 4. The molecule has 0 aliphatic heterocycles. The molecule has 2 rings (SSSR count). The van der Waals surface area contributed by atoms with Gasteiger partial charge in [-0.3, -0.25) is 0 Å². The van der Waals surface area contributed by atoms with E-state index in [1.165, 1.54) is 6.07 Å². The van der Waals surface area contributed by atoms with Crippen LogP contribution in [0.3, 0.4) is 0 Å². The van der Waals surface area contributed by atoms with Gasteiger partial charge in [0.15, 0.2) is 4.98 Å². The Morgan fingerprint density at radius 2 is 1.82 bits per heavy atom. The first-order valence-corrected chi connectivity index (χ1v) is 6.18. The molecule has 116 valence electrons. The number of esters is 1. The van der Waals surface area contributed by atoms with Crippen molar-refractivity contribution in [1.82, 2.24) is 0 Å². The lowest BCUT2D eigenvalue weighted by molar-refractivity contribution is 0.0526. The zero-order valence-electron chi connectivity index (χ0n) is 11.5. The quantitative estimate of drug-likeness (QED) is 0.346. The van der Waals surface area contributed by atoms with Crippen LogP contribution in [0.25, 0.3) is 15.7 Å². The third-order valence-electron chi connectivity index (χ3n) is 2.46. The number of nitrogens with zero attached hydrogens (tertiary/aromatic N) is 2. The molecule has 0 atom stereocenters. The predicted octanol–water partition coefficient (Wildman–Crippen LogP) is 4.80. The summed E-state index contributed by atoms with van der Waals surface area (Å²) in [7, 11) is -6.00. The van der Waals surface area contributed by atoms with Crippen molar-refractivity contribution in [3.8, 4) is 0 Å². The molecule has 2 aromatic rings. The second-order valence-corrected chi connectivity index (χ2v) is 4.03. The molecule has 4 nitrogen and oxygen atoms in total. The van der Waals surface area contributed by atoms with E-state index in [1.54, 1.807) is 13.0 Å². The fourth-order valence-electron chi connectivity index (χ4n) is 1.71. The van der Waals surface area contributed by atoms with Crippen LogP contribution in [0.15, 0.2) is 36.4 Å². The van der Waals surface area contributed by atoms with Gasteiger partial charge in [0.05, 0.1) is 17.6 Å². The smallest absolute Gasteiger partial charge is 0.462 e. The Morgan fingerprint density at radius 3 is 2.36 bits per heavy atom. The lowest BCUT2D eigenvalue weighted by Crippen LogP contribution is -2.04. The van der Waals surface area contributed by atoms with Gasteiger partial charge < -0.3 is 22.0 Å². The average Bonchev–Trinajstić information content (AvgIpc) is 2.44. The molecule has 2 aromatic carbocycles. The van der Waals surface area contributed by atoms with E-state index in [9.17, 15) is 22.1 Å². The van der Waals surface area contributed by atoms with Gasteiger partial charge in [0.25, 0.3) is 0 Å². The molecule has 0 amide bonds. The van der Waals surface area contributed by atoms with Crippen molar-refractivity contribution >= 4 is 29.7 Å². The van der Waals surface area contributed by atoms with Gasteiger partial charge in [-0.15, -0.1) is 0 Å². The zero-order valence-corrected chi connectivity index (χ0v) is 11.5. The molecular formula is C13H11BF4N2O2. The van der Waals surface area contributed by atoms with Gasteiger partial charge >= 0.3 is 18.9 Å². The fraction of sp³-hybridized carbons (Fsp3) is 0.154. The first-order chi connectivity index (χ1) is 10.3. The SMILES string of the molecule is CCOC(=O)c1cc([N+]#N)c2ccccc2c1.F[B-](F)(F)F. The van der Waals surface area contributed by atoms with Crippen molar-refractivity contribution in [1.29, 1.82) is 5.39 Å². The molecule has 0 fully saturated rings. The van der Waals surface area contributed by atoms with Crippen molar-refractivity contribution in [2.45, 2.75) is 6.92 Å². The maximum absolute atomic E-state index is 11.6. The number of hydrogen-bond donors (Lipinski definition) is 0.